The second-order valence-electron chi connectivity index (χ2n) is 4.20. The maximum absolute atomic E-state index is 13.3. The highest BCUT2D eigenvalue weighted by molar-refractivity contribution is 9.10. The van der Waals surface area contributed by atoms with Gasteiger partial charge in [-0.2, -0.15) is 0 Å². The first-order valence-corrected chi connectivity index (χ1v) is 7.11. The third kappa shape index (κ3) is 3.12. The van der Waals surface area contributed by atoms with Crippen LogP contribution in [0.4, 0.5) is 14.6 Å². The number of anilines is 1. The van der Waals surface area contributed by atoms with E-state index in [1.807, 2.05) is 13.8 Å². The van der Waals surface area contributed by atoms with Gasteiger partial charge in [0, 0.05) is 18.2 Å². The standard InChI is InChI=1S/C14H14BrF2N3/c1-3-11-12(15)14(18-4-2)20-13(19-11)8-5-9(16)7-10(17)6-8/h5-7H,3-4H2,1-2H3,(H,18,19,20). The van der Waals surface area contributed by atoms with Crippen LogP contribution in [0.1, 0.15) is 19.5 Å². The third-order valence-corrected chi connectivity index (χ3v) is 3.55. The molecule has 0 atom stereocenters. The number of nitrogens with one attached hydrogen (secondary N) is 1. The van der Waals surface area contributed by atoms with Gasteiger partial charge in [-0.3, -0.25) is 0 Å². The average Bonchev–Trinajstić information content (AvgIpc) is 2.40. The summed E-state index contributed by atoms with van der Waals surface area (Å²) in [6.07, 6.45) is 0.687. The molecule has 1 N–H and O–H groups in total. The van der Waals surface area contributed by atoms with Crippen LogP contribution in [0.3, 0.4) is 0 Å². The average molecular weight is 342 g/mol. The Morgan fingerprint density at radius 3 is 2.30 bits per heavy atom. The van der Waals surface area contributed by atoms with Gasteiger partial charge in [0.05, 0.1) is 10.2 Å². The number of nitrogens with zero attached hydrogens (tertiary/aromatic N) is 2. The van der Waals surface area contributed by atoms with E-state index in [1.54, 1.807) is 0 Å². The largest absolute Gasteiger partial charge is 0.369 e. The van der Waals surface area contributed by atoms with Crippen molar-refractivity contribution < 1.29 is 8.78 Å². The second kappa shape index (κ2) is 6.26. The molecule has 3 nitrogen and oxygen atoms in total. The highest BCUT2D eigenvalue weighted by Crippen LogP contribution is 2.28. The van der Waals surface area contributed by atoms with E-state index < -0.39 is 11.6 Å². The Morgan fingerprint density at radius 2 is 1.75 bits per heavy atom. The van der Waals surface area contributed by atoms with E-state index in [4.69, 9.17) is 0 Å². The van der Waals surface area contributed by atoms with Gasteiger partial charge < -0.3 is 5.32 Å². The molecular formula is C14H14BrF2N3. The molecule has 1 aromatic carbocycles. The fraction of sp³-hybridized carbons (Fsp3) is 0.286. The van der Waals surface area contributed by atoms with E-state index in [0.717, 1.165) is 16.2 Å². The molecule has 1 heterocycles. The van der Waals surface area contributed by atoms with E-state index in [2.05, 4.69) is 31.2 Å². The molecule has 0 aliphatic carbocycles. The summed E-state index contributed by atoms with van der Waals surface area (Å²) in [6, 6.07) is 3.28. The molecule has 0 saturated carbocycles. The number of aryl methyl sites for hydroxylation is 1. The van der Waals surface area contributed by atoms with Crippen LogP contribution in [-0.2, 0) is 6.42 Å². The SMILES string of the molecule is CCNc1nc(-c2cc(F)cc(F)c2)nc(CC)c1Br. The molecule has 6 heteroatoms. The van der Waals surface area contributed by atoms with Crippen molar-refractivity contribution in [1.82, 2.24) is 9.97 Å². The molecule has 0 unspecified atom stereocenters. The van der Waals surface area contributed by atoms with Crippen LogP contribution in [0.15, 0.2) is 22.7 Å². The Kier molecular flexibility index (Phi) is 4.65. The van der Waals surface area contributed by atoms with Gasteiger partial charge in [-0.05, 0) is 41.4 Å². The predicted molar refractivity (Wildman–Crippen MR) is 78.6 cm³/mol. The van der Waals surface area contributed by atoms with Crippen molar-refractivity contribution in [3.63, 3.8) is 0 Å². The molecule has 106 valence electrons. The maximum atomic E-state index is 13.3. The Morgan fingerprint density at radius 1 is 1.10 bits per heavy atom. The van der Waals surface area contributed by atoms with Gasteiger partial charge in [-0.15, -0.1) is 0 Å². The first-order valence-electron chi connectivity index (χ1n) is 6.31. The van der Waals surface area contributed by atoms with E-state index in [0.29, 0.717) is 30.2 Å². The summed E-state index contributed by atoms with van der Waals surface area (Å²) < 4.78 is 27.4. The summed E-state index contributed by atoms with van der Waals surface area (Å²) in [7, 11) is 0. The van der Waals surface area contributed by atoms with E-state index in [9.17, 15) is 8.78 Å². The monoisotopic (exact) mass is 341 g/mol. The van der Waals surface area contributed by atoms with Crippen LogP contribution in [0.25, 0.3) is 11.4 Å². The molecule has 0 saturated heterocycles. The van der Waals surface area contributed by atoms with Gasteiger partial charge in [-0.1, -0.05) is 6.92 Å². The molecule has 0 bridgehead atoms. The number of hydrogen-bond acceptors (Lipinski definition) is 3. The lowest BCUT2D eigenvalue weighted by atomic mass is 10.2. The summed E-state index contributed by atoms with van der Waals surface area (Å²) in [5.74, 6) is -0.359. The quantitative estimate of drug-likeness (QED) is 0.906. The van der Waals surface area contributed by atoms with Crippen LogP contribution >= 0.6 is 15.9 Å². The lowest BCUT2D eigenvalue weighted by molar-refractivity contribution is 0.584. The normalized spacial score (nSPS) is 10.7. The van der Waals surface area contributed by atoms with Gasteiger partial charge >= 0.3 is 0 Å². The van der Waals surface area contributed by atoms with Crippen molar-refractivity contribution in [1.29, 1.82) is 0 Å². The zero-order chi connectivity index (χ0) is 14.7. The van der Waals surface area contributed by atoms with Crippen molar-refractivity contribution in [2.24, 2.45) is 0 Å². The van der Waals surface area contributed by atoms with Crippen LogP contribution in [0, 0.1) is 11.6 Å². The minimum absolute atomic E-state index is 0.305. The minimum atomic E-state index is -0.644. The predicted octanol–water partition coefficient (Wildman–Crippen LogP) is 4.18. The molecule has 0 fully saturated rings. The molecule has 0 amide bonds. The lowest BCUT2D eigenvalue weighted by Crippen LogP contribution is -2.06. The van der Waals surface area contributed by atoms with Gasteiger partial charge in [0.25, 0.3) is 0 Å². The molecule has 0 aliphatic rings. The number of halogens is 3. The molecule has 1 aromatic heterocycles. The van der Waals surface area contributed by atoms with E-state index in [-0.39, 0.29) is 0 Å². The Balaban J connectivity index is 2.58. The van der Waals surface area contributed by atoms with Gasteiger partial charge in [0.1, 0.15) is 17.5 Å². The van der Waals surface area contributed by atoms with Gasteiger partial charge in [0.15, 0.2) is 5.82 Å². The molecule has 2 aromatic rings. The van der Waals surface area contributed by atoms with E-state index in [1.165, 1.54) is 12.1 Å². The smallest absolute Gasteiger partial charge is 0.162 e. The fourth-order valence-electron chi connectivity index (χ4n) is 1.82. The highest BCUT2D eigenvalue weighted by Gasteiger charge is 2.13. The zero-order valence-electron chi connectivity index (χ0n) is 11.2. The summed E-state index contributed by atoms with van der Waals surface area (Å²) in [5.41, 5.74) is 1.11. The molecule has 20 heavy (non-hydrogen) atoms. The zero-order valence-corrected chi connectivity index (χ0v) is 12.8. The second-order valence-corrected chi connectivity index (χ2v) is 4.99. The Hall–Kier alpha value is -1.56. The Bertz CT molecular complexity index is 612. The lowest BCUT2D eigenvalue weighted by Gasteiger charge is -2.11. The van der Waals surface area contributed by atoms with Gasteiger partial charge in [0.2, 0.25) is 0 Å². The van der Waals surface area contributed by atoms with Crippen LogP contribution < -0.4 is 5.32 Å². The number of aromatic nitrogens is 2. The first kappa shape index (κ1) is 14.8. The van der Waals surface area contributed by atoms with Crippen molar-refractivity contribution in [2.75, 3.05) is 11.9 Å². The molecule has 0 aliphatic heterocycles. The van der Waals surface area contributed by atoms with Gasteiger partial charge in [-0.25, -0.2) is 18.7 Å². The number of hydrogen-bond donors (Lipinski definition) is 1. The number of benzene rings is 1. The topological polar surface area (TPSA) is 37.8 Å². The molecule has 0 radical (unpaired) electrons. The fourth-order valence-corrected chi connectivity index (χ4v) is 2.42. The molecule has 0 spiro atoms. The first-order chi connectivity index (χ1) is 9.55. The van der Waals surface area contributed by atoms with Crippen LogP contribution in [0.2, 0.25) is 0 Å². The molecular weight excluding hydrogens is 328 g/mol. The van der Waals surface area contributed by atoms with Crippen molar-refractivity contribution in [3.05, 3.63) is 40.0 Å². The van der Waals surface area contributed by atoms with Crippen molar-refractivity contribution in [3.8, 4) is 11.4 Å². The summed E-state index contributed by atoms with van der Waals surface area (Å²) >= 11 is 3.44. The summed E-state index contributed by atoms with van der Waals surface area (Å²) in [6.45, 7) is 4.59. The van der Waals surface area contributed by atoms with Crippen LogP contribution in [0.5, 0.6) is 0 Å². The van der Waals surface area contributed by atoms with E-state index >= 15 is 0 Å². The highest BCUT2D eigenvalue weighted by atomic mass is 79.9. The minimum Gasteiger partial charge on any atom is -0.369 e. The van der Waals surface area contributed by atoms with Crippen molar-refractivity contribution >= 4 is 21.7 Å². The maximum Gasteiger partial charge on any atom is 0.162 e. The summed E-state index contributed by atoms with van der Waals surface area (Å²) in [5, 5.41) is 3.10. The molecule has 2 rings (SSSR count). The Labute approximate surface area is 124 Å². The summed E-state index contributed by atoms with van der Waals surface area (Å²) in [4.78, 5) is 8.68. The van der Waals surface area contributed by atoms with Crippen LogP contribution in [-0.4, -0.2) is 16.5 Å². The van der Waals surface area contributed by atoms with Crippen molar-refractivity contribution in [2.45, 2.75) is 20.3 Å². The third-order valence-electron chi connectivity index (χ3n) is 2.72. The number of rotatable bonds is 4.